The number of hydrogen-bond donors (Lipinski definition) is 1. The number of rotatable bonds is 5. The van der Waals surface area contributed by atoms with Crippen LogP contribution in [0.3, 0.4) is 0 Å². The highest BCUT2D eigenvalue weighted by Crippen LogP contribution is 2.30. The highest BCUT2D eigenvalue weighted by molar-refractivity contribution is 8.00. The Labute approximate surface area is 156 Å². The van der Waals surface area contributed by atoms with Crippen molar-refractivity contribution in [2.45, 2.75) is 10.1 Å². The van der Waals surface area contributed by atoms with Crippen molar-refractivity contribution in [1.29, 1.82) is 0 Å². The molecule has 0 radical (unpaired) electrons. The number of thiophene rings is 1. The standard InChI is InChI=1S/C17H12N4OS3/c22-15(13-7-8-18-14-6-2-1-5-12(13)14)19-16-20-21-17(25-16)24-10-11-4-3-9-23-11/h1-9H,10H2,(H,19,20,22). The first-order valence-electron chi connectivity index (χ1n) is 7.43. The van der Waals surface area contributed by atoms with Gasteiger partial charge in [0.05, 0.1) is 11.1 Å². The Kier molecular flexibility index (Phi) is 4.73. The van der Waals surface area contributed by atoms with Gasteiger partial charge < -0.3 is 0 Å². The van der Waals surface area contributed by atoms with Gasteiger partial charge in [-0.2, -0.15) is 0 Å². The molecule has 4 aromatic rings. The summed E-state index contributed by atoms with van der Waals surface area (Å²) in [7, 11) is 0. The molecule has 0 bridgehead atoms. The molecule has 124 valence electrons. The molecule has 0 unspecified atom stereocenters. The fraction of sp³-hybridized carbons (Fsp3) is 0.0588. The lowest BCUT2D eigenvalue weighted by Crippen LogP contribution is -2.12. The number of fused-ring (bicyclic) bond motifs is 1. The number of para-hydroxylation sites is 1. The van der Waals surface area contributed by atoms with Crippen molar-refractivity contribution < 1.29 is 4.79 Å². The van der Waals surface area contributed by atoms with Crippen LogP contribution in [0.1, 0.15) is 15.2 Å². The molecule has 25 heavy (non-hydrogen) atoms. The number of hydrogen-bond acceptors (Lipinski definition) is 7. The van der Waals surface area contributed by atoms with E-state index in [0.29, 0.717) is 10.7 Å². The topological polar surface area (TPSA) is 67.8 Å². The zero-order valence-corrected chi connectivity index (χ0v) is 15.3. The van der Waals surface area contributed by atoms with E-state index < -0.39 is 0 Å². The minimum atomic E-state index is -0.204. The summed E-state index contributed by atoms with van der Waals surface area (Å²) in [5.41, 5.74) is 1.37. The maximum Gasteiger partial charge on any atom is 0.258 e. The molecule has 1 aromatic carbocycles. The third-order valence-corrected chi connectivity index (χ3v) is 6.52. The second kappa shape index (κ2) is 7.30. The Morgan fingerprint density at radius 1 is 1.12 bits per heavy atom. The van der Waals surface area contributed by atoms with Gasteiger partial charge in [0.25, 0.3) is 5.91 Å². The highest BCUT2D eigenvalue weighted by atomic mass is 32.2. The molecular weight excluding hydrogens is 372 g/mol. The van der Waals surface area contributed by atoms with Gasteiger partial charge in [0, 0.05) is 22.2 Å². The number of benzene rings is 1. The fourth-order valence-corrected chi connectivity index (χ4v) is 4.82. The largest absolute Gasteiger partial charge is 0.296 e. The van der Waals surface area contributed by atoms with E-state index in [9.17, 15) is 4.79 Å². The van der Waals surface area contributed by atoms with Crippen LogP contribution >= 0.6 is 34.4 Å². The number of amides is 1. The van der Waals surface area contributed by atoms with Gasteiger partial charge in [0.15, 0.2) is 4.34 Å². The van der Waals surface area contributed by atoms with Gasteiger partial charge in [-0.25, -0.2) is 0 Å². The summed E-state index contributed by atoms with van der Waals surface area (Å²) in [6.07, 6.45) is 1.64. The zero-order valence-electron chi connectivity index (χ0n) is 12.9. The second-order valence-electron chi connectivity index (χ2n) is 5.07. The van der Waals surface area contributed by atoms with Gasteiger partial charge in [-0.05, 0) is 23.6 Å². The van der Waals surface area contributed by atoms with E-state index in [2.05, 4.69) is 31.9 Å². The van der Waals surface area contributed by atoms with Gasteiger partial charge in [-0.15, -0.1) is 21.5 Å². The van der Waals surface area contributed by atoms with Crippen LogP contribution in [0.5, 0.6) is 0 Å². The third-order valence-electron chi connectivity index (χ3n) is 3.44. The smallest absolute Gasteiger partial charge is 0.258 e. The van der Waals surface area contributed by atoms with Crippen LogP contribution in [0, 0.1) is 0 Å². The normalized spacial score (nSPS) is 10.9. The van der Waals surface area contributed by atoms with Gasteiger partial charge >= 0.3 is 0 Å². The third kappa shape index (κ3) is 3.71. The summed E-state index contributed by atoms with van der Waals surface area (Å²) in [4.78, 5) is 18.1. The Balaban J connectivity index is 1.47. The van der Waals surface area contributed by atoms with E-state index >= 15 is 0 Å². The van der Waals surface area contributed by atoms with Crippen molar-refractivity contribution >= 4 is 56.4 Å². The molecule has 0 aliphatic carbocycles. The van der Waals surface area contributed by atoms with E-state index in [1.54, 1.807) is 35.4 Å². The van der Waals surface area contributed by atoms with Gasteiger partial charge in [-0.1, -0.05) is 47.4 Å². The summed E-state index contributed by atoms with van der Waals surface area (Å²) in [6.45, 7) is 0. The number of pyridine rings is 1. The Morgan fingerprint density at radius 2 is 2.04 bits per heavy atom. The Hall–Kier alpha value is -2.29. The highest BCUT2D eigenvalue weighted by Gasteiger charge is 2.13. The molecule has 5 nitrogen and oxygen atoms in total. The van der Waals surface area contributed by atoms with Crippen LogP contribution in [-0.2, 0) is 5.75 Å². The van der Waals surface area contributed by atoms with E-state index in [0.717, 1.165) is 21.0 Å². The zero-order chi connectivity index (χ0) is 17.1. The maximum atomic E-state index is 12.6. The van der Waals surface area contributed by atoms with Crippen LogP contribution < -0.4 is 5.32 Å². The summed E-state index contributed by atoms with van der Waals surface area (Å²) in [6, 6.07) is 13.4. The predicted molar refractivity (Wildman–Crippen MR) is 103 cm³/mol. The van der Waals surface area contributed by atoms with Gasteiger partial charge in [0.2, 0.25) is 5.13 Å². The molecule has 0 atom stereocenters. The number of carbonyl (C=O) groups is 1. The maximum absolute atomic E-state index is 12.6. The van der Waals surface area contributed by atoms with Crippen LogP contribution in [-0.4, -0.2) is 21.1 Å². The molecule has 0 fully saturated rings. The molecule has 8 heteroatoms. The number of aromatic nitrogens is 3. The van der Waals surface area contributed by atoms with E-state index in [1.165, 1.54) is 16.2 Å². The van der Waals surface area contributed by atoms with Gasteiger partial charge in [-0.3, -0.25) is 15.1 Å². The van der Waals surface area contributed by atoms with Crippen molar-refractivity contribution in [3.8, 4) is 0 Å². The molecular formula is C17H12N4OS3. The number of nitrogens with one attached hydrogen (secondary N) is 1. The van der Waals surface area contributed by atoms with Crippen LogP contribution in [0.25, 0.3) is 10.9 Å². The predicted octanol–water partition coefficient (Wildman–Crippen LogP) is 4.69. The van der Waals surface area contributed by atoms with Crippen molar-refractivity contribution in [3.05, 3.63) is 64.5 Å². The van der Waals surface area contributed by atoms with Gasteiger partial charge in [0.1, 0.15) is 0 Å². The Morgan fingerprint density at radius 3 is 2.92 bits per heavy atom. The molecule has 4 rings (SSSR count). The van der Waals surface area contributed by atoms with Crippen LogP contribution in [0.4, 0.5) is 5.13 Å². The molecule has 0 spiro atoms. The Bertz CT molecular complexity index is 1010. The summed E-state index contributed by atoms with van der Waals surface area (Å²) in [5, 5.41) is 14.4. The van der Waals surface area contributed by atoms with Crippen molar-refractivity contribution in [1.82, 2.24) is 15.2 Å². The van der Waals surface area contributed by atoms with Crippen molar-refractivity contribution in [2.75, 3.05) is 5.32 Å². The molecule has 1 amide bonds. The van der Waals surface area contributed by atoms with E-state index in [1.807, 2.05) is 30.3 Å². The minimum absolute atomic E-state index is 0.204. The monoisotopic (exact) mass is 384 g/mol. The number of anilines is 1. The number of thioether (sulfide) groups is 1. The van der Waals surface area contributed by atoms with E-state index in [4.69, 9.17) is 0 Å². The first-order chi connectivity index (χ1) is 12.3. The molecule has 0 saturated heterocycles. The minimum Gasteiger partial charge on any atom is -0.296 e. The molecule has 1 N–H and O–H groups in total. The molecule has 3 aromatic heterocycles. The lowest BCUT2D eigenvalue weighted by atomic mass is 10.1. The second-order valence-corrected chi connectivity index (χ2v) is 8.30. The average molecular weight is 385 g/mol. The lowest BCUT2D eigenvalue weighted by Gasteiger charge is -2.04. The number of nitrogens with zero attached hydrogens (tertiary/aromatic N) is 3. The van der Waals surface area contributed by atoms with E-state index in [-0.39, 0.29) is 5.91 Å². The summed E-state index contributed by atoms with van der Waals surface area (Å²) in [5.74, 6) is 0.652. The first kappa shape index (κ1) is 16.2. The summed E-state index contributed by atoms with van der Waals surface area (Å²) < 4.78 is 0.836. The van der Waals surface area contributed by atoms with Crippen molar-refractivity contribution in [3.63, 3.8) is 0 Å². The van der Waals surface area contributed by atoms with Crippen LogP contribution in [0.2, 0.25) is 0 Å². The number of carbonyl (C=O) groups excluding carboxylic acids is 1. The molecule has 0 saturated carbocycles. The molecule has 0 aliphatic rings. The lowest BCUT2D eigenvalue weighted by molar-refractivity contribution is 0.102. The quantitative estimate of drug-likeness (QED) is 0.399. The van der Waals surface area contributed by atoms with Crippen molar-refractivity contribution in [2.24, 2.45) is 0 Å². The average Bonchev–Trinajstić information content (AvgIpc) is 3.31. The SMILES string of the molecule is O=C(Nc1nnc(SCc2cccs2)s1)c1ccnc2ccccc12. The summed E-state index contributed by atoms with van der Waals surface area (Å²) >= 11 is 4.72. The van der Waals surface area contributed by atoms with Crippen LogP contribution in [0.15, 0.2) is 58.4 Å². The molecule has 0 aliphatic heterocycles. The molecule has 3 heterocycles. The first-order valence-corrected chi connectivity index (χ1v) is 10.1. The fourth-order valence-electron chi connectivity index (χ4n) is 2.30.